The number of hydrogen-bond acceptors (Lipinski definition) is 5. The first kappa shape index (κ1) is 14.7. The zero-order valence-corrected chi connectivity index (χ0v) is 13.9. The summed E-state index contributed by atoms with van der Waals surface area (Å²) in [6.07, 6.45) is 2.93. The number of nitrogens with one attached hydrogen (secondary N) is 1. The van der Waals surface area contributed by atoms with E-state index in [2.05, 4.69) is 42.9 Å². The van der Waals surface area contributed by atoms with Crippen molar-refractivity contribution in [1.82, 2.24) is 20.3 Å². The molecule has 2 heterocycles. The Balaban J connectivity index is 0.00000132. The second-order valence-electron chi connectivity index (χ2n) is 5.19. The number of halogens is 2. The number of fused-ring (bicyclic) bond motifs is 1. The topological polar surface area (TPSA) is 93.6 Å². The minimum absolute atomic E-state index is 0. The van der Waals surface area contributed by atoms with Gasteiger partial charge in [0, 0.05) is 8.96 Å². The van der Waals surface area contributed by atoms with Crippen molar-refractivity contribution in [3.8, 4) is 11.6 Å². The van der Waals surface area contributed by atoms with Gasteiger partial charge in [-0.15, -0.1) is 12.4 Å². The molecular formula is C13H13ClIN5O. The molecule has 1 saturated carbocycles. The summed E-state index contributed by atoms with van der Waals surface area (Å²) in [4.78, 5) is 4.44. The van der Waals surface area contributed by atoms with Gasteiger partial charge in [0.1, 0.15) is 0 Å². The van der Waals surface area contributed by atoms with Gasteiger partial charge in [-0.2, -0.15) is 10.1 Å². The molecule has 0 saturated heterocycles. The van der Waals surface area contributed by atoms with Crippen LogP contribution in [0.3, 0.4) is 0 Å². The summed E-state index contributed by atoms with van der Waals surface area (Å²) in [5, 5.41) is 12.3. The molecule has 0 aliphatic heterocycles. The van der Waals surface area contributed by atoms with Crippen LogP contribution in [0.15, 0.2) is 22.7 Å². The lowest BCUT2D eigenvalue weighted by molar-refractivity contribution is 0.229. The Bertz CT molecular complexity index is 795. The minimum Gasteiger partial charge on any atom is -0.332 e. The number of benzene rings is 1. The highest BCUT2D eigenvalue weighted by Gasteiger charge is 2.39. The molecule has 0 spiro atoms. The van der Waals surface area contributed by atoms with Gasteiger partial charge in [-0.25, -0.2) is 0 Å². The quantitative estimate of drug-likeness (QED) is 0.625. The fourth-order valence-electron chi connectivity index (χ4n) is 2.45. The van der Waals surface area contributed by atoms with Crippen LogP contribution in [-0.2, 0) is 5.54 Å². The average Bonchev–Trinajstić information content (AvgIpc) is 3.01. The molecule has 2 aromatic heterocycles. The summed E-state index contributed by atoms with van der Waals surface area (Å²) in [6.45, 7) is 0. The molecule has 1 aliphatic rings. The maximum Gasteiger partial charge on any atom is 0.279 e. The lowest BCUT2D eigenvalue weighted by Crippen LogP contribution is -2.44. The largest absolute Gasteiger partial charge is 0.332 e. The molecule has 0 unspecified atom stereocenters. The summed E-state index contributed by atoms with van der Waals surface area (Å²) >= 11 is 2.27. The number of aromatic nitrogens is 4. The highest BCUT2D eigenvalue weighted by Crippen LogP contribution is 2.38. The highest BCUT2D eigenvalue weighted by molar-refractivity contribution is 14.1. The second-order valence-corrected chi connectivity index (χ2v) is 6.44. The summed E-state index contributed by atoms with van der Waals surface area (Å²) in [6, 6.07) is 6.05. The number of H-pyrrole nitrogens is 1. The van der Waals surface area contributed by atoms with E-state index in [1.165, 1.54) is 0 Å². The molecule has 8 heteroatoms. The van der Waals surface area contributed by atoms with Crippen molar-refractivity contribution in [2.45, 2.75) is 24.8 Å². The van der Waals surface area contributed by atoms with E-state index >= 15 is 0 Å². The molecule has 0 bridgehead atoms. The highest BCUT2D eigenvalue weighted by atomic mass is 127. The van der Waals surface area contributed by atoms with Crippen molar-refractivity contribution >= 4 is 45.9 Å². The smallest absolute Gasteiger partial charge is 0.279 e. The standard InChI is InChI=1S/C13H12IN5O.ClH/c14-7-2-3-9-8(6-7)10(18-17-9)11-16-12(19-20-11)13(15)4-1-5-13;/h2-3,6H,1,4-5,15H2,(H,17,18);1H. The maximum absolute atomic E-state index is 6.21. The number of aromatic amines is 1. The van der Waals surface area contributed by atoms with Crippen LogP contribution in [0, 0.1) is 3.57 Å². The predicted molar refractivity (Wildman–Crippen MR) is 89.1 cm³/mol. The van der Waals surface area contributed by atoms with Gasteiger partial charge in [-0.1, -0.05) is 5.16 Å². The van der Waals surface area contributed by atoms with Gasteiger partial charge in [0.25, 0.3) is 5.89 Å². The maximum atomic E-state index is 6.21. The van der Waals surface area contributed by atoms with Gasteiger partial charge >= 0.3 is 0 Å². The van der Waals surface area contributed by atoms with Gasteiger partial charge in [-0.05, 0) is 60.1 Å². The van der Waals surface area contributed by atoms with Crippen molar-refractivity contribution in [3.63, 3.8) is 0 Å². The van der Waals surface area contributed by atoms with E-state index in [0.717, 1.165) is 33.7 Å². The second kappa shape index (κ2) is 5.22. The molecule has 0 radical (unpaired) electrons. The summed E-state index contributed by atoms with van der Waals surface area (Å²) < 4.78 is 6.48. The molecule has 3 aromatic rings. The minimum atomic E-state index is -0.414. The Labute approximate surface area is 140 Å². The fraction of sp³-hybridized carbons (Fsp3) is 0.308. The van der Waals surface area contributed by atoms with Gasteiger partial charge in [-0.3, -0.25) is 5.10 Å². The molecule has 1 fully saturated rings. The molecule has 1 aromatic carbocycles. The zero-order chi connectivity index (χ0) is 13.7. The molecule has 6 nitrogen and oxygen atoms in total. The van der Waals surface area contributed by atoms with E-state index in [9.17, 15) is 0 Å². The zero-order valence-electron chi connectivity index (χ0n) is 11.0. The first-order chi connectivity index (χ1) is 9.66. The molecule has 21 heavy (non-hydrogen) atoms. The van der Waals surface area contributed by atoms with Crippen LogP contribution >= 0.6 is 35.0 Å². The third-order valence-electron chi connectivity index (χ3n) is 3.84. The van der Waals surface area contributed by atoms with Gasteiger partial charge in [0.15, 0.2) is 11.5 Å². The number of rotatable bonds is 2. The normalized spacial score (nSPS) is 16.5. The van der Waals surface area contributed by atoms with Crippen molar-refractivity contribution in [2.24, 2.45) is 5.73 Å². The first-order valence-electron chi connectivity index (χ1n) is 6.43. The fourth-order valence-corrected chi connectivity index (χ4v) is 2.94. The van der Waals surface area contributed by atoms with Crippen molar-refractivity contribution in [2.75, 3.05) is 0 Å². The Morgan fingerprint density at radius 1 is 1.33 bits per heavy atom. The van der Waals surface area contributed by atoms with Gasteiger partial charge in [0.2, 0.25) is 0 Å². The number of hydrogen-bond donors (Lipinski definition) is 2. The monoisotopic (exact) mass is 417 g/mol. The van der Waals surface area contributed by atoms with Crippen molar-refractivity contribution < 1.29 is 4.52 Å². The molecule has 0 atom stereocenters. The molecular weight excluding hydrogens is 405 g/mol. The summed E-state index contributed by atoms with van der Waals surface area (Å²) in [7, 11) is 0. The summed E-state index contributed by atoms with van der Waals surface area (Å²) in [5.74, 6) is 1.01. The summed E-state index contributed by atoms with van der Waals surface area (Å²) in [5.41, 5.74) is 7.43. The van der Waals surface area contributed by atoms with E-state index in [0.29, 0.717) is 17.4 Å². The van der Waals surface area contributed by atoms with Crippen LogP contribution in [0.25, 0.3) is 22.5 Å². The third kappa shape index (κ3) is 2.33. The van der Waals surface area contributed by atoms with Crippen LogP contribution in [0.4, 0.5) is 0 Å². The molecule has 3 N–H and O–H groups in total. The Morgan fingerprint density at radius 3 is 2.86 bits per heavy atom. The lowest BCUT2D eigenvalue weighted by Gasteiger charge is -2.34. The van der Waals surface area contributed by atoms with Crippen LogP contribution in [0.1, 0.15) is 25.1 Å². The van der Waals surface area contributed by atoms with E-state index in [1.807, 2.05) is 18.2 Å². The average molecular weight is 418 g/mol. The molecule has 110 valence electrons. The predicted octanol–water partition coefficient (Wildman–Crippen LogP) is 2.98. The van der Waals surface area contributed by atoms with Crippen LogP contribution in [0.2, 0.25) is 0 Å². The number of nitrogens with two attached hydrogens (primary N) is 1. The van der Waals surface area contributed by atoms with E-state index in [-0.39, 0.29) is 12.4 Å². The van der Waals surface area contributed by atoms with Crippen molar-refractivity contribution in [3.05, 3.63) is 27.6 Å². The lowest BCUT2D eigenvalue weighted by atomic mass is 9.77. The van der Waals surface area contributed by atoms with E-state index < -0.39 is 5.54 Å². The van der Waals surface area contributed by atoms with E-state index in [4.69, 9.17) is 10.3 Å². The Morgan fingerprint density at radius 2 is 2.14 bits per heavy atom. The van der Waals surface area contributed by atoms with E-state index in [1.54, 1.807) is 0 Å². The molecule has 4 rings (SSSR count). The van der Waals surface area contributed by atoms with Gasteiger partial charge in [0.05, 0.1) is 11.1 Å². The van der Waals surface area contributed by atoms with Crippen LogP contribution < -0.4 is 5.73 Å². The third-order valence-corrected chi connectivity index (χ3v) is 4.52. The SMILES string of the molecule is Cl.NC1(c2noc(-c3n[nH]c4ccc(I)cc34)n2)CCC1. The Kier molecular flexibility index (Phi) is 3.66. The Hall–Kier alpha value is -1.19. The van der Waals surface area contributed by atoms with Crippen LogP contribution in [-0.4, -0.2) is 20.3 Å². The first-order valence-corrected chi connectivity index (χ1v) is 7.51. The van der Waals surface area contributed by atoms with Crippen molar-refractivity contribution in [1.29, 1.82) is 0 Å². The molecule has 0 amide bonds. The van der Waals surface area contributed by atoms with Crippen LogP contribution in [0.5, 0.6) is 0 Å². The van der Waals surface area contributed by atoms with Gasteiger partial charge < -0.3 is 10.3 Å². The number of nitrogens with zero attached hydrogens (tertiary/aromatic N) is 3. The molecule has 1 aliphatic carbocycles.